The van der Waals surface area contributed by atoms with Crippen molar-refractivity contribution in [2.45, 2.75) is 6.42 Å². The van der Waals surface area contributed by atoms with Crippen LogP contribution in [0.3, 0.4) is 0 Å². The predicted molar refractivity (Wildman–Crippen MR) is 96.9 cm³/mol. The van der Waals surface area contributed by atoms with E-state index in [0.29, 0.717) is 29.5 Å². The van der Waals surface area contributed by atoms with Gasteiger partial charge in [0, 0.05) is 29.5 Å². The molecule has 1 aliphatic heterocycles. The largest absolute Gasteiger partial charge is 0.497 e. The number of ether oxygens (including phenoxy) is 1. The second-order valence-corrected chi connectivity index (χ2v) is 5.95. The van der Waals surface area contributed by atoms with Crippen molar-refractivity contribution in [1.29, 1.82) is 0 Å². The van der Waals surface area contributed by atoms with Crippen LogP contribution in [0.25, 0.3) is 11.3 Å². The fraction of sp³-hybridized carbons (Fsp3) is 0.150. The molecular formula is C20H18N2O3. The Morgan fingerprint density at radius 1 is 1.16 bits per heavy atom. The standard InChI is InChI=1S/C20H18N2O3/c1-24-14-6-7-15(16(21)12-14)18-8-9-19(25-18)20(23)22-11-10-13-4-2-3-5-17(13)22/h2-9,12H,10-11,21H2,1H3. The van der Waals surface area contributed by atoms with E-state index in [1.807, 2.05) is 36.4 Å². The molecule has 0 saturated carbocycles. The number of hydrogen-bond acceptors (Lipinski definition) is 4. The fourth-order valence-electron chi connectivity index (χ4n) is 3.17. The molecule has 1 amide bonds. The first-order valence-electron chi connectivity index (χ1n) is 8.11. The normalized spacial score (nSPS) is 12.9. The van der Waals surface area contributed by atoms with Crippen molar-refractivity contribution in [3.05, 3.63) is 65.9 Å². The lowest BCUT2D eigenvalue weighted by Gasteiger charge is -2.15. The summed E-state index contributed by atoms with van der Waals surface area (Å²) >= 11 is 0. The molecule has 4 rings (SSSR count). The Morgan fingerprint density at radius 3 is 2.80 bits per heavy atom. The molecule has 1 aromatic heterocycles. The molecular weight excluding hydrogens is 316 g/mol. The molecule has 3 aromatic rings. The van der Waals surface area contributed by atoms with Gasteiger partial charge in [-0.15, -0.1) is 0 Å². The van der Waals surface area contributed by atoms with E-state index in [0.717, 1.165) is 17.7 Å². The van der Waals surface area contributed by atoms with Crippen LogP contribution in [0.5, 0.6) is 5.75 Å². The van der Waals surface area contributed by atoms with E-state index in [9.17, 15) is 4.79 Å². The summed E-state index contributed by atoms with van der Waals surface area (Å²) in [7, 11) is 1.59. The number of rotatable bonds is 3. The molecule has 0 atom stereocenters. The van der Waals surface area contributed by atoms with E-state index in [4.69, 9.17) is 14.9 Å². The van der Waals surface area contributed by atoms with Crippen molar-refractivity contribution in [2.75, 3.05) is 24.3 Å². The average molecular weight is 334 g/mol. The molecule has 0 aliphatic carbocycles. The molecule has 0 unspecified atom stereocenters. The lowest BCUT2D eigenvalue weighted by atomic mass is 10.1. The minimum Gasteiger partial charge on any atom is -0.497 e. The van der Waals surface area contributed by atoms with Crippen molar-refractivity contribution in [1.82, 2.24) is 0 Å². The van der Waals surface area contributed by atoms with Crippen LogP contribution < -0.4 is 15.4 Å². The van der Waals surface area contributed by atoms with Crippen LogP contribution in [0.4, 0.5) is 11.4 Å². The summed E-state index contributed by atoms with van der Waals surface area (Å²) in [5.41, 5.74) is 9.48. The number of benzene rings is 2. The topological polar surface area (TPSA) is 68.7 Å². The third kappa shape index (κ3) is 2.63. The van der Waals surface area contributed by atoms with Gasteiger partial charge in [0.05, 0.1) is 7.11 Å². The van der Waals surface area contributed by atoms with Crippen LogP contribution in [0, 0.1) is 0 Å². The number of nitrogens with two attached hydrogens (primary N) is 1. The molecule has 0 saturated heterocycles. The quantitative estimate of drug-likeness (QED) is 0.741. The van der Waals surface area contributed by atoms with Gasteiger partial charge in [0.15, 0.2) is 5.76 Å². The zero-order chi connectivity index (χ0) is 17.4. The van der Waals surface area contributed by atoms with Gasteiger partial charge in [0.25, 0.3) is 5.91 Å². The molecule has 0 bridgehead atoms. The number of nitrogen functional groups attached to an aromatic ring is 1. The maximum absolute atomic E-state index is 12.8. The van der Waals surface area contributed by atoms with Gasteiger partial charge < -0.3 is 19.8 Å². The lowest BCUT2D eigenvalue weighted by Crippen LogP contribution is -2.28. The highest BCUT2D eigenvalue weighted by Gasteiger charge is 2.27. The molecule has 126 valence electrons. The van der Waals surface area contributed by atoms with Gasteiger partial charge in [-0.25, -0.2) is 0 Å². The molecule has 5 nitrogen and oxygen atoms in total. The Bertz CT molecular complexity index is 946. The molecule has 2 aromatic carbocycles. The number of amides is 1. The number of hydrogen-bond donors (Lipinski definition) is 1. The smallest absolute Gasteiger partial charge is 0.294 e. The van der Waals surface area contributed by atoms with E-state index in [1.165, 1.54) is 5.56 Å². The Hall–Kier alpha value is -3.21. The second kappa shape index (κ2) is 6.02. The first kappa shape index (κ1) is 15.3. The average Bonchev–Trinajstić information content (AvgIpc) is 3.28. The number of furan rings is 1. The molecule has 1 aliphatic rings. The maximum atomic E-state index is 12.8. The van der Waals surface area contributed by atoms with Crippen molar-refractivity contribution < 1.29 is 13.9 Å². The SMILES string of the molecule is COc1ccc(-c2ccc(C(=O)N3CCc4ccccc43)o2)c(N)c1. The highest BCUT2D eigenvalue weighted by Crippen LogP contribution is 2.33. The number of anilines is 2. The van der Waals surface area contributed by atoms with Crippen molar-refractivity contribution in [3.8, 4) is 17.1 Å². The van der Waals surface area contributed by atoms with E-state index >= 15 is 0 Å². The van der Waals surface area contributed by atoms with Gasteiger partial charge in [-0.1, -0.05) is 18.2 Å². The van der Waals surface area contributed by atoms with E-state index < -0.39 is 0 Å². The summed E-state index contributed by atoms with van der Waals surface area (Å²) in [6.07, 6.45) is 0.862. The molecule has 0 spiro atoms. The monoisotopic (exact) mass is 334 g/mol. The maximum Gasteiger partial charge on any atom is 0.294 e. The number of carbonyl (C=O) groups excluding carboxylic acids is 1. The summed E-state index contributed by atoms with van der Waals surface area (Å²) in [6.45, 7) is 0.666. The minimum atomic E-state index is -0.136. The molecule has 5 heteroatoms. The highest BCUT2D eigenvalue weighted by atomic mass is 16.5. The molecule has 2 N–H and O–H groups in total. The third-order valence-corrected chi connectivity index (χ3v) is 4.47. The zero-order valence-electron chi connectivity index (χ0n) is 13.9. The molecule has 2 heterocycles. The lowest BCUT2D eigenvalue weighted by molar-refractivity contribution is 0.0963. The van der Waals surface area contributed by atoms with Crippen LogP contribution in [0.1, 0.15) is 16.1 Å². The van der Waals surface area contributed by atoms with Crippen molar-refractivity contribution in [3.63, 3.8) is 0 Å². The summed E-state index contributed by atoms with van der Waals surface area (Å²) in [5, 5.41) is 0. The van der Waals surface area contributed by atoms with E-state index in [1.54, 1.807) is 30.2 Å². The van der Waals surface area contributed by atoms with Gasteiger partial charge in [0.1, 0.15) is 11.5 Å². The third-order valence-electron chi connectivity index (χ3n) is 4.47. The Balaban J connectivity index is 1.63. The predicted octanol–water partition coefficient (Wildman–Crippen LogP) is 3.74. The first-order valence-corrected chi connectivity index (χ1v) is 8.11. The van der Waals surface area contributed by atoms with Crippen LogP contribution in [0.15, 0.2) is 59.0 Å². The van der Waals surface area contributed by atoms with Crippen LogP contribution >= 0.6 is 0 Å². The van der Waals surface area contributed by atoms with E-state index in [2.05, 4.69) is 0 Å². The summed E-state index contributed by atoms with van der Waals surface area (Å²) in [4.78, 5) is 14.6. The molecule has 25 heavy (non-hydrogen) atoms. The van der Waals surface area contributed by atoms with Crippen LogP contribution in [0.2, 0.25) is 0 Å². The minimum absolute atomic E-state index is 0.136. The van der Waals surface area contributed by atoms with Crippen LogP contribution in [-0.4, -0.2) is 19.6 Å². The summed E-state index contributed by atoms with van der Waals surface area (Å²) in [5.74, 6) is 1.42. The second-order valence-electron chi connectivity index (χ2n) is 5.95. The van der Waals surface area contributed by atoms with Gasteiger partial charge in [-0.3, -0.25) is 4.79 Å². The Kier molecular flexibility index (Phi) is 3.69. The van der Waals surface area contributed by atoms with Crippen molar-refractivity contribution >= 4 is 17.3 Å². The molecule has 0 fully saturated rings. The first-order chi connectivity index (χ1) is 12.2. The Morgan fingerprint density at radius 2 is 2.00 bits per heavy atom. The van der Waals surface area contributed by atoms with Crippen molar-refractivity contribution in [2.24, 2.45) is 0 Å². The van der Waals surface area contributed by atoms with Gasteiger partial charge in [0.2, 0.25) is 0 Å². The summed E-state index contributed by atoms with van der Waals surface area (Å²) in [6, 6.07) is 16.8. The number of fused-ring (bicyclic) bond motifs is 1. The van der Waals surface area contributed by atoms with Gasteiger partial charge in [-0.05, 0) is 42.3 Å². The zero-order valence-corrected chi connectivity index (χ0v) is 13.9. The highest BCUT2D eigenvalue weighted by molar-refractivity contribution is 6.05. The number of carbonyl (C=O) groups is 1. The summed E-state index contributed by atoms with van der Waals surface area (Å²) < 4.78 is 11.0. The fourth-order valence-corrected chi connectivity index (χ4v) is 3.17. The molecule has 0 radical (unpaired) electrons. The number of methoxy groups -OCH3 is 1. The van der Waals surface area contributed by atoms with Gasteiger partial charge >= 0.3 is 0 Å². The number of nitrogens with zero attached hydrogens (tertiary/aromatic N) is 1. The number of para-hydroxylation sites is 1. The Labute approximate surface area is 145 Å². The van der Waals surface area contributed by atoms with Crippen LogP contribution in [-0.2, 0) is 6.42 Å². The van der Waals surface area contributed by atoms with E-state index in [-0.39, 0.29) is 5.91 Å². The van der Waals surface area contributed by atoms with Gasteiger partial charge in [-0.2, -0.15) is 0 Å².